The number of alkyl halides is 1. The maximum Gasteiger partial charge on any atom is 0.259 e. The number of nitrogen functional groups attached to an aromatic ring is 1. The Morgan fingerprint density at radius 2 is 2.13 bits per heavy atom. The molecular weight excluding hydrogens is 316 g/mol. The lowest BCUT2D eigenvalue weighted by molar-refractivity contribution is 0.102. The normalized spacial score (nSPS) is 12.3. The molecule has 8 heteroatoms. The van der Waals surface area contributed by atoms with Crippen molar-refractivity contribution in [3.8, 4) is 0 Å². The monoisotopic (exact) mass is 330 g/mol. The Kier molecular flexibility index (Phi) is 4.12. The summed E-state index contributed by atoms with van der Waals surface area (Å²) in [7, 11) is 0. The quantitative estimate of drug-likeness (QED) is 0.715. The van der Waals surface area contributed by atoms with Crippen LogP contribution >= 0.6 is 11.6 Å². The van der Waals surface area contributed by atoms with Gasteiger partial charge in [0.25, 0.3) is 5.91 Å². The Balaban J connectivity index is 2.04. The molecule has 3 aromatic heterocycles. The van der Waals surface area contributed by atoms with E-state index in [1.807, 2.05) is 11.5 Å². The molecule has 0 fully saturated rings. The van der Waals surface area contributed by atoms with E-state index >= 15 is 0 Å². The maximum absolute atomic E-state index is 12.6. The van der Waals surface area contributed by atoms with Crippen LogP contribution in [-0.2, 0) is 6.54 Å². The number of hydrogen-bond donors (Lipinski definition) is 2. The standard InChI is InChI=1S/C15H15ClN6O/c1-9(16)7-22-8-20-12-13(22)11(6-19-14(12)17)15(23)21-10-2-4-18-5-3-10/h2-6,8-9H,7H2,1H3,(H2,17,19)(H,18,21,23). The molecule has 1 unspecified atom stereocenters. The van der Waals surface area contributed by atoms with Crippen LogP contribution in [0, 0.1) is 0 Å². The molecular formula is C15H15ClN6O. The van der Waals surface area contributed by atoms with Crippen molar-refractivity contribution in [2.75, 3.05) is 11.1 Å². The number of imidazole rings is 1. The van der Waals surface area contributed by atoms with E-state index in [0.717, 1.165) is 0 Å². The fourth-order valence-electron chi connectivity index (χ4n) is 2.32. The van der Waals surface area contributed by atoms with Crippen molar-refractivity contribution in [1.29, 1.82) is 0 Å². The van der Waals surface area contributed by atoms with Crippen molar-refractivity contribution in [2.45, 2.75) is 18.8 Å². The van der Waals surface area contributed by atoms with Crippen LogP contribution in [-0.4, -0.2) is 30.8 Å². The summed E-state index contributed by atoms with van der Waals surface area (Å²) in [5.74, 6) is -0.0147. The van der Waals surface area contributed by atoms with Crippen molar-refractivity contribution in [1.82, 2.24) is 19.5 Å². The molecule has 3 rings (SSSR count). The number of amides is 1. The van der Waals surface area contributed by atoms with Gasteiger partial charge in [-0.2, -0.15) is 0 Å². The molecule has 1 amide bonds. The number of nitrogens with two attached hydrogens (primary N) is 1. The number of hydrogen-bond acceptors (Lipinski definition) is 5. The number of nitrogens with zero attached hydrogens (tertiary/aromatic N) is 4. The Labute approximate surface area is 137 Å². The first kappa shape index (κ1) is 15.2. The van der Waals surface area contributed by atoms with E-state index in [1.165, 1.54) is 6.20 Å². The van der Waals surface area contributed by atoms with Crippen LogP contribution < -0.4 is 11.1 Å². The van der Waals surface area contributed by atoms with Gasteiger partial charge in [-0.1, -0.05) is 0 Å². The molecule has 7 nitrogen and oxygen atoms in total. The molecule has 118 valence electrons. The number of aromatic nitrogens is 4. The highest BCUT2D eigenvalue weighted by atomic mass is 35.5. The fourth-order valence-corrected chi connectivity index (χ4v) is 2.47. The second-order valence-electron chi connectivity index (χ2n) is 5.12. The minimum Gasteiger partial charge on any atom is -0.382 e. The highest BCUT2D eigenvalue weighted by Gasteiger charge is 2.18. The van der Waals surface area contributed by atoms with Gasteiger partial charge in [0.1, 0.15) is 5.52 Å². The van der Waals surface area contributed by atoms with Gasteiger partial charge in [-0.25, -0.2) is 9.97 Å². The molecule has 0 saturated carbocycles. The predicted molar refractivity (Wildman–Crippen MR) is 89.4 cm³/mol. The second kappa shape index (κ2) is 6.21. The topological polar surface area (TPSA) is 98.7 Å². The van der Waals surface area contributed by atoms with Gasteiger partial charge >= 0.3 is 0 Å². The van der Waals surface area contributed by atoms with Crippen LogP contribution in [0.4, 0.5) is 11.5 Å². The Morgan fingerprint density at radius 1 is 1.39 bits per heavy atom. The Morgan fingerprint density at radius 3 is 2.83 bits per heavy atom. The molecule has 0 aliphatic rings. The van der Waals surface area contributed by atoms with Crippen LogP contribution in [0.2, 0.25) is 0 Å². The third-order valence-electron chi connectivity index (χ3n) is 3.30. The van der Waals surface area contributed by atoms with Gasteiger partial charge in [-0.3, -0.25) is 9.78 Å². The predicted octanol–water partition coefficient (Wildman–Crippen LogP) is 2.29. The highest BCUT2D eigenvalue weighted by molar-refractivity contribution is 6.20. The van der Waals surface area contributed by atoms with Crippen LogP contribution in [0.25, 0.3) is 11.0 Å². The average molecular weight is 331 g/mol. The van der Waals surface area contributed by atoms with E-state index in [2.05, 4.69) is 20.3 Å². The summed E-state index contributed by atoms with van der Waals surface area (Å²) < 4.78 is 1.81. The minimum absolute atomic E-state index is 0.113. The largest absolute Gasteiger partial charge is 0.382 e. The van der Waals surface area contributed by atoms with Crippen molar-refractivity contribution >= 4 is 40.0 Å². The molecule has 3 heterocycles. The van der Waals surface area contributed by atoms with Crippen molar-refractivity contribution in [2.24, 2.45) is 0 Å². The number of anilines is 2. The highest BCUT2D eigenvalue weighted by Crippen LogP contribution is 2.23. The average Bonchev–Trinajstić information content (AvgIpc) is 2.93. The zero-order valence-electron chi connectivity index (χ0n) is 12.4. The SMILES string of the molecule is CC(Cl)Cn1cnc2c(N)ncc(C(=O)Nc3ccncc3)c21. The van der Waals surface area contributed by atoms with Gasteiger partial charge in [0, 0.05) is 36.2 Å². The zero-order valence-corrected chi connectivity index (χ0v) is 13.2. The van der Waals surface area contributed by atoms with E-state index in [-0.39, 0.29) is 17.1 Å². The van der Waals surface area contributed by atoms with E-state index < -0.39 is 0 Å². The van der Waals surface area contributed by atoms with Gasteiger partial charge in [0.2, 0.25) is 0 Å². The van der Waals surface area contributed by atoms with Gasteiger partial charge < -0.3 is 15.6 Å². The minimum atomic E-state index is -0.294. The smallest absolute Gasteiger partial charge is 0.259 e. The number of carbonyl (C=O) groups is 1. The molecule has 0 saturated heterocycles. The summed E-state index contributed by atoms with van der Waals surface area (Å²) in [6, 6.07) is 3.41. The summed E-state index contributed by atoms with van der Waals surface area (Å²) in [6.07, 6.45) is 6.27. The molecule has 0 radical (unpaired) electrons. The van der Waals surface area contributed by atoms with Crippen molar-refractivity contribution in [3.63, 3.8) is 0 Å². The first-order valence-corrected chi connectivity index (χ1v) is 7.44. The third-order valence-corrected chi connectivity index (χ3v) is 3.44. The van der Waals surface area contributed by atoms with Crippen LogP contribution in [0.1, 0.15) is 17.3 Å². The van der Waals surface area contributed by atoms with Crippen molar-refractivity contribution in [3.05, 3.63) is 42.6 Å². The maximum atomic E-state index is 12.6. The molecule has 0 aliphatic heterocycles. The summed E-state index contributed by atoms with van der Waals surface area (Å²) in [5, 5.41) is 2.69. The van der Waals surface area contributed by atoms with E-state index in [4.69, 9.17) is 17.3 Å². The van der Waals surface area contributed by atoms with E-state index in [1.54, 1.807) is 30.9 Å². The Hall–Kier alpha value is -2.67. The summed E-state index contributed by atoms with van der Waals surface area (Å²) in [4.78, 5) is 24.8. The van der Waals surface area contributed by atoms with Gasteiger partial charge in [0.05, 0.1) is 17.4 Å². The second-order valence-corrected chi connectivity index (χ2v) is 5.87. The molecule has 23 heavy (non-hydrogen) atoms. The molecule has 0 aliphatic carbocycles. The lowest BCUT2D eigenvalue weighted by atomic mass is 10.2. The number of nitrogens with one attached hydrogen (secondary N) is 1. The van der Waals surface area contributed by atoms with E-state index in [0.29, 0.717) is 28.8 Å². The van der Waals surface area contributed by atoms with Crippen molar-refractivity contribution < 1.29 is 4.79 Å². The molecule has 3 N–H and O–H groups in total. The Bertz CT molecular complexity index is 846. The van der Waals surface area contributed by atoms with Crippen LogP contribution in [0.3, 0.4) is 0 Å². The van der Waals surface area contributed by atoms with Gasteiger partial charge in [-0.15, -0.1) is 11.6 Å². The zero-order chi connectivity index (χ0) is 16.4. The summed E-state index contributed by atoms with van der Waals surface area (Å²) >= 11 is 6.07. The number of pyridine rings is 2. The number of carbonyl (C=O) groups excluding carboxylic acids is 1. The first-order valence-electron chi connectivity index (χ1n) is 7.01. The number of rotatable bonds is 4. The molecule has 3 aromatic rings. The van der Waals surface area contributed by atoms with Crippen LogP contribution in [0.5, 0.6) is 0 Å². The fraction of sp³-hybridized carbons (Fsp3) is 0.200. The lowest BCUT2D eigenvalue weighted by Gasteiger charge is -2.10. The summed E-state index contributed by atoms with van der Waals surface area (Å²) in [5.41, 5.74) is 8.01. The molecule has 0 aromatic carbocycles. The molecule has 0 spiro atoms. The third kappa shape index (κ3) is 3.09. The molecule has 1 atom stereocenters. The number of fused-ring (bicyclic) bond motifs is 1. The lowest BCUT2D eigenvalue weighted by Crippen LogP contribution is -2.15. The van der Waals surface area contributed by atoms with Gasteiger partial charge in [-0.05, 0) is 19.1 Å². The molecule has 0 bridgehead atoms. The van der Waals surface area contributed by atoms with E-state index in [9.17, 15) is 4.79 Å². The first-order chi connectivity index (χ1) is 11.1. The van der Waals surface area contributed by atoms with Crippen LogP contribution in [0.15, 0.2) is 37.1 Å². The summed E-state index contributed by atoms with van der Waals surface area (Å²) in [6.45, 7) is 2.38. The van der Waals surface area contributed by atoms with Gasteiger partial charge in [0.15, 0.2) is 5.82 Å². The number of halogens is 1.